The van der Waals surface area contributed by atoms with E-state index in [1.165, 1.54) is 19.2 Å². The number of rotatable bonds is 4. The van der Waals surface area contributed by atoms with Gasteiger partial charge in [0, 0.05) is 38.9 Å². The van der Waals surface area contributed by atoms with Crippen molar-refractivity contribution in [3.05, 3.63) is 41.7 Å². The Balaban J connectivity index is 1.63. The van der Waals surface area contributed by atoms with Crippen molar-refractivity contribution in [1.82, 2.24) is 9.80 Å². The molecule has 2 saturated heterocycles. The second kappa shape index (κ2) is 8.45. The lowest BCUT2D eigenvalue weighted by molar-refractivity contribution is -0.141. The van der Waals surface area contributed by atoms with Crippen LogP contribution in [0.3, 0.4) is 0 Å². The number of hydrogen-bond donors (Lipinski definition) is 0. The number of methoxy groups -OCH3 is 1. The first kappa shape index (κ1) is 18.6. The van der Waals surface area contributed by atoms with Crippen molar-refractivity contribution in [3.8, 4) is 0 Å². The Labute approximate surface area is 153 Å². The number of hydrogen-bond acceptors (Lipinski definition) is 3. The van der Waals surface area contributed by atoms with Gasteiger partial charge in [-0.05, 0) is 49.0 Å². The number of fused-ring (bicyclic) bond motifs is 1. The second-order valence-corrected chi connectivity index (χ2v) is 6.95. The number of halogens is 1. The van der Waals surface area contributed by atoms with Gasteiger partial charge in [0.05, 0.1) is 0 Å². The minimum atomic E-state index is -0.290. The van der Waals surface area contributed by atoms with E-state index < -0.39 is 0 Å². The maximum absolute atomic E-state index is 13.0. The number of likely N-dealkylation sites (tertiary alicyclic amines) is 2. The van der Waals surface area contributed by atoms with Crippen molar-refractivity contribution < 1.29 is 18.7 Å². The number of piperidine rings is 2. The molecule has 1 aromatic rings. The SMILES string of the molecule is COCC(=O)N1CC[C@H]2[C@H](CCCN2C(=O)C=Cc2ccc(F)cc2)C1. The highest BCUT2D eigenvalue weighted by Crippen LogP contribution is 2.31. The van der Waals surface area contributed by atoms with Crippen molar-refractivity contribution in [2.75, 3.05) is 33.4 Å². The van der Waals surface area contributed by atoms with E-state index in [9.17, 15) is 14.0 Å². The normalized spacial score (nSPS) is 23.2. The van der Waals surface area contributed by atoms with E-state index in [-0.39, 0.29) is 30.3 Å². The highest BCUT2D eigenvalue weighted by molar-refractivity contribution is 5.92. The third-order valence-electron chi connectivity index (χ3n) is 5.26. The van der Waals surface area contributed by atoms with Gasteiger partial charge in [0.25, 0.3) is 0 Å². The summed E-state index contributed by atoms with van der Waals surface area (Å²) in [4.78, 5) is 28.5. The maximum Gasteiger partial charge on any atom is 0.248 e. The zero-order valence-corrected chi connectivity index (χ0v) is 15.1. The predicted octanol–water partition coefficient (Wildman–Crippen LogP) is 2.32. The lowest BCUT2D eigenvalue weighted by atomic mass is 9.83. The van der Waals surface area contributed by atoms with E-state index in [0.29, 0.717) is 19.0 Å². The number of carbonyl (C=O) groups is 2. The molecule has 0 aliphatic carbocycles. The number of carbonyl (C=O) groups excluding carboxylic acids is 2. The Hall–Kier alpha value is -2.21. The summed E-state index contributed by atoms with van der Waals surface area (Å²) in [5, 5.41) is 0. The van der Waals surface area contributed by atoms with Gasteiger partial charge >= 0.3 is 0 Å². The van der Waals surface area contributed by atoms with Crippen LogP contribution in [-0.4, -0.2) is 61.0 Å². The lowest BCUT2D eigenvalue weighted by Gasteiger charge is -2.47. The smallest absolute Gasteiger partial charge is 0.248 e. The Morgan fingerprint density at radius 1 is 1.23 bits per heavy atom. The molecule has 0 radical (unpaired) electrons. The van der Waals surface area contributed by atoms with Crippen LogP contribution in [0.15, 0.2) is 30.3 Å². The van der Waals surface area contributed by atoms with E-state index in [4.69, 9.17) is 4.74 Å². The van der Waals surface area contributed by atoms with Gasteiger partial charge < -0.3 is 14.5 Å². The van der Waals surface area contributed by atoms with Gasteiger partial charge in [0.2, 0.25) is 11.8 Å². The molecule has 6 heteroatoms. The fraction of sp³-hybridized carbons (Fsp3) is 0.500. The molecule has 5 nitrogen and oxygen atoms in total. The Morgan fingerprint density at radius 2 is 2.00 bits per heavy atom. The number of ether oxygens (including phenoxy) is 1. The van der Waals surface area contributed by atoms with Crippen molar-refractivity contribution in [2.45, 2.75) is 25.3 Å². The molecule has 0 N–H and O–H groups in total. The zero-order valence-electron chi connectivity index (χ0n) is 15.1. The van der Waals surface area contributed by atoms with Crippen molar-refractivity contribution in [1.29, 1.82) is 0 Å². The van der Waals surface area contributed by atoms with Gasteiger partial charge in [-0.2, -0.15) is 0 Å². The first-order valence-corrected chi connectivity index (χ1v) is 9.09. The zero-order chi connectivity index (χ0) is 18.5. The Bertz CT molecular complexity index is 674. The van der Waals surface area contributed by atoms with E-state index >= 15 is 0 Å². The average Bonchev–Trinajstić information content (AvgIpc) is 2.66. The summed E-state index contributed by atoms with van der Waals surface area (Å²) in [6.07, 6.45) is 6.08. The second-order valence-electron chi connectivity index (χ2n) is 6.95. The van der Waals surface area contributed by atoms with E-state index in [1.54, 1.807) is 24.3 Å². The molecular formula is C20H25FN2O3. The van der Waals surface area contributed by atoms with E-state index in [1.807, 2.05) is 9.80 Å². The standard InChI is InChI=1S/C20H25FN2O3/c1-26-14-20(25)22-12-10-18-16(13-22)3-2-11-23(18)19(24)9-6-15-4-7-17(21)8-5-15/h4-9,16,18H,2-3,10-14H2,1H3/t16-,18+/m1/s1. The third-order valence-corrected chi connectivity index (χ3v) is 5.26. The molecular weight excluding hydrogens is 335 g/mol. The van der Waals surface area contributed by atoms with Crippen LogP contribution in [0.25, 0.3) is 6.08 Å². The quantitative estimate of drug-likeness (QED) is 0.775. The highest BCUT2D eigenvalue weighted by Gasteiger charge is 2.38. The molecule has 0 aromatic heterocycles. The molecule has 2 amide bonds. The fourth-order valence-electron chi connectivity index (χ4n) is 3.96. The summed E-state index contributed by atoms with van der Waals surface area (Å²) in [5.41, 5.74) is 0.799. The van der Waals surface area contributed by atoms with Crippen molar-refractivity contribution >= 4 is 17.9 Å². The monoisotopic (exact) mass is 360 g/mol. The number of amides is 2. The molecule has 2 heterocycles. The summed E-state index contributed by atoms with van der Waals surface area (Å²) in [6, 6.07) is 6.25. The van der Waals surface area contributed by atoms with Gasteiger partial charge in [0.1, 0.15) is 12.4 Å². The molecule has 140 valence electrons. The summed E-state index contributed by atoms with van der Waals surface area (Å²) < 4.78 is 17.9. The van der Waals surface area contributed by atoms with Crippen LogP contribution >= 0.6 is 0 Å². The Kier molecular flexibility index (Phi) is 6.04. The van der Waals surface area contributed by atoms with Crippen molar-refractivity contribution in [2.24, 2.45) is 5.92 Å². The minimum absolute atomic E-state index is 0.0132. The highest BCUT2D eigenvalue weighted by atomic mass is 19.1. The van der Waals surface area contributed by atoms with E-state index in [0.717, 1.165) is 31.4 Å². The van der Waals surface area contributed by atoms with Crippen molar-refractivity contribution in [3.63, 3.8) is 0 Å². The lowest BCUT2D eigenvalue weighted by Crippen LogP contribution is -2.56. The molecule has 26 heavy (non-hydrogen) atoms. The fourth-order valence-corrected chi connectivity index (χ4v) is 3.96. The van der Waals surface area contributed by atoms with Crippen LogP contribution in [0.1, 0.15) is 24.8 Å². The summed E-state index contributed by atoms with van der Waals surface area (Å²) in [6.45, 7) is 2.22. The average molecular weight is 360 g/mol. The maximum atomic E-state index is 13.0. The van der Waals surface area contributed by atoms with Gasteiger partial charge in [-0.3, -0.25) is 9.59 Å². The Morgan fingerprint density at radius 3 is 2.73 bits per heavy atom. The van der Waals surface area contributed by atoms with Gasteiger partial charge in [-0.15, -0.1) is 0 Å². The van der Waals surface area contributed by atoms with Gasteiger partial charge in [-0.25, -0.2) is 4.39 Å². The first-order chi connectivity index (χ1) is 12.6. The molecule has 2 fully saturated rings. The predicted molar refractivity (Wildman–Crippen MR) is 96.7 cm³/mol. The summed E-state index contributed by atoms with van der Waals surface area (Å²) in [5.74, 6) is 0.0369. The van der Waals surface area contributed by atoms with Crippen LogP contribution in [0.2, 0.25) is 0 Å². The summed E-state index contributed by atoms with van der Waals surface area (Å²) >= 11 is 0. The van der Waals surface area contributed by atoms with Crippen LogP contribution < -0.4 is 0 Å². The molecule has 3 rings (SSSR count). The third kappa shape index (κ3) is 4.30. The van der Waals surface area contributed by atoms with E-state index in [2.05, 4.69) is 0 Å². The topological polar surface area (TPSA) is 49.9 Å². The van der Waals surface area contributed by atoms with Gasteiger partial charge in [-0.1, -0.05) is 12.1 Å². The van der Waals surface area contributed by atoms with Crippen LogP contribution in [-0.2, 0) is 14.3 Å². The van der Waals surface area contributed by atoms with Crippen LogP contribution in [0, 0.1) is 11.7 Å². The first-order valence-electron chi connectivity index (χ1n) is 9.09. The molecule has 0 saturated carbocycles. The number of benzene rings is 1. The van der Waals surface area contributed by atoms with Gasteiger partial charge in [0.15, 0.2) is 0 Å². The van der Waals surface area contributed by atoms with Crippen LogP contribution in [0.4, 0.5) is 4.39 Å². The molecule has 0 spiro atoms. The molecule has 1 aromatic carbocycles. The largest absolute Gasteiger partial charge is 0.375 e. The molecule has 2 atom stereocenters. The number of nitrogens with zero attached hydrogens (tertiary/aromatic N) is 2. The molecule has 0 unspecified atom stereocenters. The summed E-state index contributed by atoms with van der Waals surface area (Å²) in [7, 11) is 1.53. The minimum Gasteiger partial charge on any atom is -0.375 e. The molecule has 2 aliphatic heterocycles. The molecule has 0 bridgehead atoms. The molecule has 2 aliphatic rings. The van der Waals surface area contributed by atoms with Crippen LogP contribution in [0.5, 0.6) is 0 Å².